The van der Waals surface area contributed by atoms with Gasteiger partial charge in [-0.2, -0.15) is 0 Å². The average Bonchev–Trinajstić information content (AvgIpc) is 2.48. The highest BCUT2D eigenvalue weighted by Gasteiger charge is 2.20. The van der Waals surface area contributed by atoms with Crippen LogP contribution in [0.1, 0.15) is 30.7 Å². The zero-order valence-corrected chi connectivity index (χ0v) is 9.92. The lowest BCUT2D eigenvalue weighted by atomic mass is 10.1. The van der Waals surface area contributed by atoms with E-state index in [0.717, 1.165) is 37.2 Å². The van der Waals surface area contributed by atoms with Gasteiger partial charge in [0.25, 0.3) is 0 Å². The van der Waals surface area contributed by atoms with Crippen LogP contribution in [0.3, 0.4) is 0 Å². The second-order valence-corrected chi connectivity index (χ2v) is 4.42. The molecule has 0 aliphatic carbocycles. The summed E-state index contributed by atoms with van der Waals surface area (Å²) in [6.45, 7) is 4.88. The predicted molar refractivity (Wildman–Crippen MR) is 63.9 cm³/mol. The van der Waals surface area contributed by atoms with Crippen LogP contribution in [0.2, 0.25) is 0 Å². The third kappa shape index (κ3) is 2.21. The molecule has 4 nitrogen and oxygen atoms in total. The molecule has 16 heavy (non-hydrogen) atoms. The normalized spacial score (nSPS) is 21.4. The van der Waals surface area contributed by atoms with Gasteiger partial charge in [0.2, 0.25) is 5.91 Å². The largest absolute Gasteiger partial charge is 0.354 e. The Balaban J connectivity index is 2.10. The van der Waals surface area contributed by atoms with Crippen molar-refractivity contribution in [3.63, 3.8) is 0 Å². The molecule has 2 rings (SSSR count). The molecule has 0 spiro atoms. The second kappa shape index (κ2) is 4.60. The van der Waals surface area contributed by atoms with Crippen LogP contribution < -0.4 is 10.7 Å². The van der Waals surface area contributed by atoms with Crippen LogP contribution in [0.25, 0.3) is 0 Å². The second-order valence-electron chi connectivity index (χ2n) is 4.42. The number of hydrogen-bond donors (Lipinski definition) is 2. The van der Waals surface area contributed by atoms with Gasteiger partial charge in [0.15, 0.2) is 0 Å². The number of carbonyl (C=O) groups is 1. The molecule has 4 heteroatoms. The van der Waals surface area contributed by atoms with Crippen molar-refractivity contribution in [3.8, 4) is 0 Å². The van der Waals surface area contributed by atoms with Crippen molar-refractivity contribution in [2.24, 2.45) is 0 Å². The molecule has 1 aromatic heterocycles. The van der Waals surface area contributed by atoms with E-state index in [0.29, 0.717) is 0 Å². The molecule has 1 unspecified atom stereocenters. The fourth-order valence-electron chi connectivity index (χ4n) is 2.09. The maximum atomic E-state index is 11.8. The number of aryl methyl sites for hydroxylation is 2. The van der Waals surface area contributed by atoms with Crippen LogP contribution in [0.15, 0.2) is 12.1 Å². The molecule has 88 valence electrons. The van der Waals surface area contributed by atoms with Gasteiger partial charge < -0.3 is 10.7 Å². The minimum atomic E-state index is -0.104. The average molecular weight is 221 g/mol. The maximum absolute atomic E-state index is 11.8. The molecule has 1 atom stereocenters. The van der Waals surface area contributed by atoms with E-state index < -0.39 is 0 Å². The molecule has 1 fully saturated rings. The Labute approximate surface area is 96.0 Å². The Morgan fingerprint density at radius 3 is 2.69 bits per heavy atom. The van der Waals surface area contributed by atoms with Gasteiger partial charge in [-0.15, -0.1) is 0 Å². The molecular formula is C12H19N3O. The zero-order valence-electron chi connectivity index (χ0n) is 9.92. The smallest absolute Gasteiger partial charge is 0.244 e. The number of aromatic nitrogens is 1. The quantitative estimate of drug-likeness (QED) is 0.791. The van der Waals surface area contributed by atoms with E-state index in [4.69, 9.17) is 0 Å². The molecule has 1 aliphatic rings. The van der Waals surface area contributed by atoms with Crippen LogP contribution in [0, 0.1) is 13.8 Å². The summed E-state index contributed by atoms with van der Waals surface area (Å²) in [6.07, 6.45) is 3.08. The fourth-order valence-corrected chi connectivity index (χ4v) is 2.09. The van der Waals surface area contributed by atoms with Gasteiger partial charge in [-0.1, -0.05) is 0 Å². The molecule has 2 N–H and O–H groups in total. The fraction of sp³-hybridized carbons (Fsp3) is 0.583. The lowest BCUT2D eigenvalue weighted by Gasteiger charge is -2.20. The third-order valence-electron chi connectivity index (χ3n) is 3.09. The standard InChI is InChI=1S/C12H19N3O/c1-9-6-7-10(2)15(9)14-11-5-3-4-8-13-12(11)16/h6-7,11,14H,3-5,8H2,1-2H3,(H,13,16). The Bertz CT molecular complexity index is 364. The molecule has 2 heterocycles. The first kappa shape index (κ1) is 11.0. The first-order valence-electron chi connectivity index (χ1n) is 5.87. The number of carbonyl (C=O) groups excluding carboxylic acids is 1. The Morgan fingerprint density at radius 2 is 2.00 bits per heavy atom. The lowest BCUT2D eigenvalue weighted by Crippen LogP contribution is -2.41. The van der Waals surface area contributed by atoms with Gasteiger partial charge >= 0.3 is 0 Å². The molecular weight excluding hydrogens is 202 g/mol. The van der Waals surface area contributed by atoms with E-state index in [9.17, 15) is 4.79 Å². The van der Waals surface area contributed by atoms with Gasteiger partial charge in [-0.25, -0.2) is 0 Å². The molecule has 1 amide bonds. The molecule has 1 aromatic rings. The molecule has 0 aromatic carbocycles. The summed E-state index contributed by atoms with van der Waals surface area (Å²) in [5.74, 6) is 0.116. The van der Waals surface area contributed by atoms with Crippen LogP contribution in [0.5, 0.6) is 0 Å². The number of nitrogens with one attached hydrogen (secondary N) is 2. The summed E-state index contributed by atoms with van der Waals surface area (Å²) in [6, 6.07) is 4.00. The highest BCUT2D eigenvalue weighted by molar-refractivity contribution is 5.83. The number of amides is 1. The summed E-state index contributed by atoms with van der Waals surface area (Å²) in [5.41, 5.74) is 5.56. The van der Waals surface area contributed by atoms with E-state index in [1.807, 2.05) is 18.5 Å². The van der Waals surface area contributed by atoms with Crippen LogP contribution >= 0.6 is 0 Å². The molecule has 1 aliphatic heterocycles. The van der Waals surface area contributed by atoms with Crippen LogP contribution in [-0.4, -0.2) is 23.2 Å². The van der Waals surface area contributed by atoms with Crippen molar-refractivity contribution in [2.75, 3.05) is 12.0 Å². The first-order chi connectivity index (χ1) is 7.68. The van der Waals surface area contributed by atoms with Gasteiger partial charge in [-0.05, 0) is 45.2 Å². The minimum Gasteiger partial charge on any atom is -0.354 e. The van der Waals surface area contributed by atoms with E-state index in [1.54, 1.807) is 0 Å². The Kier molecular flexibility index (Phi) is 3.17. The van der Waals surface area contributed by atoms with Gasteiger partial charge in [-0.3, -0.25) is 9.47 Å². The van der Waals surface area contributed by atoms with E-state index in [-0.39, 0.29) is 11.9 Å². The SMILES string of the molecule is Cc1ccc(C)n1NC1CCCCNC1=O. The summed E-state index contributed by atoms with van der Waals surface area (Å²) in [4.78, 5) is 11.8. The molecule has 0 bridgehead atoms. The van der Waals surface area contributed by atoms with Gasteiger partial charge in [0.1, 0.15) is 6.04 Å². The predicted octanol–water partition coefficient (Wildman–Crippen LogP) is 1.32. The monoisotopic (exact) mass is 221 g/mol. The number of hydrogen-bond acceptors (Lipinski definition) is 2. The van der Waals surface area contributed by atoms with Crippen molar-refractivity contribution in [1.82, 2.24) is 9.99 Å². The van der Waals surface area contributed by atoms with Crippen molar-refractivity contribution in [1.29, 1.82) is 0 Å². The summed E-state index contributed by atoms with van der Waals surface area (Å²) >= 11 is 0. The third-order valence-corrected chi connectivity index (χ3v) is 3.09. The molecule has 0 saturated carbocycles. The van der Waals surface area contributed by atoms with Crippen molar-refractivity contribution >= 4 is 5.91 Å². The Hall–Kier alpha value is -1.45. The van der Waals surface area contributed by atoms with E-state index in [2.05, 4.69) is 22.9 Å². The highest BCUT2D eigenvalue weighted by Crippen LogP contribution is 2.10. The van der Waals surface area contributed by atoms with Crippen LogP contribution in [0.4, 0.5) is 0 Å². The van der Waals surface area contributed by atoms with Gasteiger partial charge in [0.05, 0.1) is 0 Å². The lowest BCUT2D eigenvalue weighted by molar-refractivity contribution is -0.121. The van der Waals surface area contributed by atoms with E-state index >= 15 is 0 Å². The Morgan fingerprint density at radius 1 is 1.31 bits per heavy atom. The first-order valence-corrected chi connectivity index (χ1v) is 5.87. The number of rotatable bonds is 2. The maximum Gasteiger partial charge on any atom is 0.244 e. The van der Waals surface area contributed by atoms with E-state index in [1.165, 1.54) is 0 Å². The van der Waals surface area contributed by atoms with Gasteiger partial charge in [0, 0.05) is 17.9 Å². The summed E-state index contributed by atoms with van der Waals surface area (Å²) in [7, 11) is 0. The minimum absolute atomic E-state index is 0.104. The number of nitrogens with zero attached hydrogens (tertiary/aromatic N) is 1. The highest BCUT2D eigenvalue weighted by atomic mass is 16.2. The zero-order chi connectivity index (χ0) is 11.5. The molecule has 1 saturated heterocycles. The van der Waals surface area contributed by atoms with Crippen molar-refractivity contribution in [2.45, 2.75) is 39.2 Å². The van der Waals surface area contributed by atoms with Crippen molar-refractivity contribution in [3.05, 3.63) is 23.5 Å². The molecule has 0 radical (unpaired) electrons. The van der Waals surface area contributed by atoms with Crippen molar-refractivity contribution < 1.29 is 4.79 Å². The topological polar surface area (TPSA) is 46.1 Å². The van der Waals surface area contributed by atoms with Crippen LogP contribution in [-0.2, 0) is 4.79 Å². The summed E-state index contributed by atoms with van der Waals surface area (Å²) < 4.78 is 2.00. The summed E-state index contributed by atoms with van der Waals surface area (Å²) in [5, 5.41) is 2.93.